The number of nitrogens with one attached hydrogen (secondary N) is 1. The number of ether oxygens (including phenoxy) is 1. The monoisotopic (exact) mass is 443 g/mol. The average molecular weight is 444 g/mol. The molecule has 3 aromatic carbocycles. The minimum absolute atomic E-state index is 0.0929. The summed E-state index contributed by atoms with van der Waals surface area (Å²) in [5, 5.41) is 5.28. The molecule has 0 atom stereocenters. The van der Waals surface area contributed by atoms with Gasteiger partial charge in [-0.05, 0) is 74.5 Å². The number of fused-ring (bicyclic) bond motifs is 2. The summed E-state index contributed by atoms with van der Waals surface area (Å²) in [5.74, 6) is 0.879. The second-order valence-corrected chi connectivity index (χ2v) is 8.61. The van der Waals surface area contributed by atoms with Crippen LogP contribution in [0, 0.1) is 0 Å². The summed E-state index contributed by atoms with van der Waals surface area (Å²) in [4.78, 5) is 17.3. The molecule has 33 heavy (non-hydrogen) atoms. The topological polar surface area (TPSA) is 44.8 Å². The van der Waals surface area contributed by atoms with Gasteiger partial charge in [-0.2, -0.15) is 0 Å². The molecular weight excluding hydrogens is 410 g/mol. The second-order valence-electron chi connectivity index (χ2n) is 8.61. The lowest BCUT2D eigenvalue weighted by molar-refractivity contribution is 0.256. The normalized spacial score (nSPS) is 13.1. The number of hydrogen-bond acceptors (Lipinski definition) is 3. The Hall–Kier alpha value is -3.31. The molecule has 0 saturated heterocycles. The van der Waals surface area contributed by atoms with Gasteiger partial charge < -0.3 is 15.0 Å². The number of unbranched alkanes of at least 4 members (excludes halogenated alkanes) is 1. The maximum absolute atomic E-state index is 13.2. The van der Waals surface area contributed by atoms with E-state index in [1.165, 1.54) is 0 Å². The zero-order valence-corrected chi connectivity index (χ0v) is 19.4. The van der Waals surface area contributed by atoms with E-state index in [0.29, 0.717) is 13.2 Å². The Kier molecular flexibility index (Phi) is 7.63. The van der Waals surface area contributed by atoms with Gasteiger partial charge in [0.1, 0.15) is 5.75 Å². The Bertz CT molecular complexity index is 1110. The number of benzene rings is 3. The van der Waals surface area contributed by atoms with Crippen LogP contribution in [-0.2, 0) is 6.42 Å². The van der Waals surface area contributed by atoms with E-state index in [4.69, 9.17) is 4.74 Å². The van der Waals surface area contributed by atoms with Gasteiger partial charge in [0.05, 0.1) is 12.3 Å². The van der Waals surface area contributed by atoms with Crippen molar-refractivity contribution in [2.75, 3.05) is 43.5 Å². The lowest BCUT2D eigenvalue weighted by Crippen LogP contribution is -2.38. The summed E-state index contributed by atoms with van der Waals surface area (Å²) < 4.78 is 6.00. The van der Waals surface area contributed by atoms with Crippen LogP contribution in [-0.4, -0.2) is 44.2 Å². The average Bonchev–Trinajstić information content (AvgIpc) is 2.83. The van der Waals surface area contributed by atoms with E-state index in [1.54, 1.807) is 0 Å². The zero-order chi connectivity index (χ0) is 23.0. The van der Waals surface area contributed by atoms with Crippen LogP contribution in [0.1, 0.15) is 24.8 Å². The van der Waals surface area contributed by atoms with Gasteiger partial charge in [0.25, 0.3) is 0 Å². The molecule has 0 aliphatic carbocycles. The number of nitrogens with zero attached hydrogens (tertiary/aromatic N) is 2. The van der Waals surface area contributed by atoms with Crippen molar-refractivity contribution in [2.24, 2.45) is 0 Å². The molecule has 0 bridgehead atoms. The van der Waals surface area contributed by atoms with Crippen LogP contribution >= 0.6 is 0 Å². The highest BCUT2D eigenvalue weighted by molar-refractivity contribution is 6.07. The molecule has 0 fully saturated rings. The van der Waals surface area contributed by atoms with E-state index in [1.807, 2.05) is 53.4 Å². The highest BCUT2D eigenvalue weighted by Gasteiger charge is 2.23. The van der Waals surface area contributed by atoms with Gasteiger partial charge >= 0.3 is 6.03 Å². The zero-order valence-electron chi connectivity index (χ0n) is 19.4. The number of aryl methyl sites for hydroxylation is 1. The summed E-state index contributed by atoms with van der Waals surface area (Å²) in [6.45, 7) is 7.14. The van der Waals surface area contributed by atoms with Gasteiger partial charge in [0, 0.05) is 24.2 Å². The fourth-order valence-electron chi connectivity index (χ4n) is 4.38. The van der Waals surface area contributed by atoms with Crippen LogP contribution < -0.4 is 15.0 Å². The molecule has 1 N–H and O–H groups in total. The number of rotatable bonds is 9. The first kappa shape index (κ1) is 22.9. The first-order valence-electron chi connectivity index (χ1n) is 11.8. The number of anilines is 2. The van der Waals surface area contributed by atoms with E-state index in [9.17, 15) is 4.79 Å². The van der Waals surface area contributed by atoms with Gasteiger partial charge in [-0.3, -0.25) is 4.90 Å². The van der Waals surface area contributed by atoms with Crippen molar-refractivity contribution in [1.29, 1.82) is 0 Å². The lowest BCUT2D eigenvalue weighted by Gasteiger charge is -2.30. The van der Waals surface area contributed by atoms with E-state index >= 15 is 0 Å². The number of carbonyl (C=O) groups excluding carboxylic acids is 1. The van der Waals surface area contributed by atoms with Crippen LogP contribution in [0.2, 0.25) is 0 Å². The number of amides is 2. The van der Waals surface area contributed by atoms with Crippen LogP contribution in [0.15, 0.2) is 73.3 Å². The molecule has 0 saturated carbocycles. The molecule has 2 amide bonds. The van der Waals surface area contributed by atoms with Crippen LogP contribution in [0.5, 0.6) is 5.75 Å². The van der Waals surface area contributed by atoms with Crippen molar-refractivity contribution in [3.8, 4) is 5.75 Å². The van der Waals surface area contributed by atoms with Crippen molar-refractivity contribution in [3.05, 3.63) is 78.9 Å². The fourth-order valence-corrected chi connectivity index (χ4v) is 4.38. The Morgan fingerprint density at radius 3 is 2.88 bits per heavy atom. The predicted molar refractivity (Wildman–Crippen MR) is 137 cm³/mol. The molecule has 1 heterocycles. The standard InChI is InChI=1S/C28H33N3O2/c1-3-17-30(2)18-6-7-20-33-24-15-16-27-23(21-24)12-9-19-31(27)28(32)29-26-14-8-11-22-10-4-5-13-25(22)26/h3-5,8,10-11,13-16,21H,1,6-7,9,12,17-20H2,2H3,(H,29,32). The maximum Gasteiger partial charge on any atom is 0.326 e. The van der Waals surface area contributed by atoms with Crippen molar-refractivity contribution in [3.63, 3.8) is 0 Å². The van der Waals surface area contributed by atoms with Crippen LogP contribution in [0.3, 0.4) is 0 Å². The molecule has 4 rings (SSSR count). The SMILES string of the molecule is C=CCN(C)CCCCOc1ccc2c(c1)CCCN2C(=O)Nc1cccc2ccccc12. The summed E-state index contributed by atoms with van der Waals surface area (Å²) in [7, 11) is 2.11. The summed E-state index contributed by atoms with van der Waals surface area (Å²) in [6, 6.07) is 20.1. The largest absolute Gasteiger partial charge is 0.494 e. The van der Waals surface area contributed by atoms with E-state index in [2.05, 4.69) is 42.0 Å². The van der Waals surface area contributed by atoms with E-state index in [0.717, 1.165) is 72.2 Å². The highest BCUT2D eigenvalue weighted by atomic mass is 16.5. The summed E-state index contributed by atoms with van der Waals surface area (Å²) in [5.41, 5.74) is 2.97. The molecule has 0 aromatic heterocycles. The van der Waals surface area contributed by atoms with Crippen LogP contribution in [0.4, 0.5) is 16.2 Å². The van der Waals surface area contributed by atoms with Crippen molar-refractivity contribution < 1.29 is 9.53 Å². The van der Waals surface area contributed by atoms with Gasteiger partial charge in [0.15, 0.2) is 0 Å². The number of likely N-dealkylation sites (N-methyl/N-ethyl adjacent to an activating group) is 1. The van der Waals surface area contributed by atoms with Gasteiger partial charge in [0.2, 0.25) is 0 Å². The van der Waals surface area contributed by atoms with Crippen molar-refractivity contribution in [1.82, 2.24) is 4.90 Å². The molecule has 0 unspecified atom stereocenters. The molecule has 1 aliphatic rings. The molecule has 3 aromatic rings. The van der Waals surface area contributed by atoms with Crippen molar-refractivity contribution in [2.45, 2.75) is 25.7 Å². The number of urea groups is 1. The van der Waals surface area contributed by atoms with Crippen molar-refractivity contribution >= 4 is 28.2 Å². The first-order valence-corrected chi connectivity index (χ1v) is 11.8. The minimum Gasteiger partial charge on any atom is -0.494 e. The van der Waals surface area contributed by atoms with Gasteiger partial charge in [-0.25, -0.2) is 4.79 Å². The van der Waals surface area contributed by atoms with Crippen LogP contribution in [0.25, 0.3) is 10.8 Å². The number of carbonyl (C=O) groups is 1. The molecule has 1 aliphatic heterocycles. The highest BCUT2D eigenvalue weighted by Crippen LogP contribution is 2.32. The Morgan fingerprint density at radius 2 is 2.00 bits per heavy atom. The van der Waals surface area contributed by atoms with E-state index < -0.39 is 0 Å². The Balaban J connectivity index is 1.37. The quantitative estimate of drug-likeness (QED) is 0.321. The molecule has 5 nitrogen and oxygen atoms in total. The van der Waals surface area contributed by atoms with E-state index in [-0.39, 0.29) is 6.03 Å². The first-order chi connectivity index (χ1) is 16.2. The summed E-state index contributed by atoms with van der Waals surface area (Å²) >= 11 is 0. The summed E-state index contributed by atoms with van der Waals surface area (Å²) in [6.07, 6.45) is 5.93. The fraction of sp³-hybridized carbons (Fsp3) is 0.321. The Morgan fingerprint density at radius 1 is 1.15 bits per heavy atom. The maximum atomic E-state index is 13.2. The molecule has 5 heteroatoms. The third kappa shape index (κ3) is 5.74. The smallest absolute Gasteiger partial charge is 0.326 e. The second kappa shape index (κ2) is 11.0. The molecular formula is C28H33N3O2. The van der Waals surface area contributed by atoms with Gasteiger partial charge in [-0.15, -0.1) is 6.58 Å². The minimum atomic E-state index is -0.0929. The predicted octanol–water partition coefficient (Wildman–Crippen LogP) is 6.10. The molecule has 0 spiro atoms. The van der Waals surface area contributed by atoms with Gasteiger partial charge in [-0.1, -0.05) is 42.5 Å². The molecule has 0 radical (unpaired) electrons. The third-order valence-electron chi connectivity index (χ3n) is 6.09. The Labute approximate surface area is 196 Å². The lowest BCUT2D eigenvalue weighted by atomic mass is 10.0. The third-order valence-corrected chi connectivity index (χ3v) is 6.09. The number of hydrogen-bond donors (Lipinski definition) is 1. The molecule has 172 valence electrons.